The molecule has 0 aromatic heterocycles. The zero-order valence-corrected chi connectivity index (χ0v) is 16.2. The maximum atomic E-state index is 12.0. The van der Waals surface area contributed by atoms with E-state index in [0.717, 1.165) is 21.2 Å². The Balaban J connectivity index is 2.19. The van der Waals surface area contributed by atoms with Gasteiger partial charge in [-0.3, -0.25) is 0 Å². The van der Waals surface area contributed by atoms with Crippen molar-refractivity contribution in [2.24, 2.45) is 0 Å². The van der Waals surface area contributed by atoms with Crippen molar-refractivity contribution < 1.29 is 4.92 Å². The molecule has 0 bridgehead atoms. The van der Waals surface area contributed by atoms with Crippen molar-refractivity contribution in [2.45, 2.75) is 0 Å². The van der Waals surface area contributed by atoms with E-state index in [0.29, 0.717) is 0 Å². The van der Waals surface area contributed by atoms with Crippen LogP contribution in [0.1, 0.15) is 0 Å². The van der Waals surface area contributed by atoms with Gasteiger partial charge >= 0.3 is 164 Å². The van der Waals surface area contributed by atoms with Crippen LogP contribution < -0.4 is 21.2 Å². The fraction of sp³-hybridized carbons (Fsp3) is 0. The Morgan fingerprint density at radius 2 is 0.893 bits per heavy atom. The number of hydrogen-bond donors (Lipinski definition) is 0. The third-order valence-electron chi connectivity index (χ3n) is 5.13. The molecule has 0 aliphatic carbocycles. The van der Waals surface area contributed by atoms with E-state index >= 15 is 0 Å². The summed E-state index contributed by atoms with van der Waals surface area (Å²) in [6.07, 6.45) is 0. The first-order valence-corrected chi connectivity index (χ1v) is 11.1. The van der Waals surface area contributed by atoms with E-state index in [1.807, 2.05) is 66.7 Å². The summed E-state index contributed by atoms with van der Waals surface area (Å²) >= 11 is 0. The van der Waals surface area contributed by atoms with Crippen molar-refractivity contribution in [2.75, 3.05) is 0 Å². The van der Waals surface area contributed by atoms with Crippen molar-refractivity contribution >= 4 is 34.2 Å². The molecule has 0 N–H and O–H groups in total. The molecule has 0 aliphatic rings. The van der Waals surface area contributed by atoms with E-state index in [1.54, 1.807) is 12.1 Å². The molecule has 4 aromatic rings. The van der Waals surface area contributed by atoms with Gasteiger partial charge in [-0.05, 0) is 0 Å². The summed E-state index contributed by atoms with van der Waals surface area (Å²) < 4.78 is 0. The molecule has 0 saturated carbocycles. The number of para-hydroxylation sites is 1. The summed E-state index contributed by atoms with van der Waals surface area (Å²) in [5.41, 5.74) is 0.172. The van der Waals surface area contributed by atoms with E-state index in [1.165, 1.54) is 0 Å². The standard InChI is InChI=1S/C24H20NO2P/c26-25(27)23-18-10-11-19-24(23)28(20-12-4-1-5-13-20,21-14-6-2-7-15-21)22-16-8-3-9-17-22/h1-19,28H. The van der Waals surface area contributed by atoms with Gasteiger partial charge in [0.15, 0.2) is 0 Å². The van der Waals surface area contributed by atoms with E-state index in [4.69, 9.17) is 0 Å². The van der Waals surface area contributed by atoms with Gasteiger partial charge in [0.05, 0.1) is 0 Å². The number of nitro benzene ring substituents is 1. The zero-order valence-electron chi connectivity index (χ0n) is 15.2. The van der Waals surface area contributed by atoms with E-state index in [9.17, 15) is 10.1 Å². The molecule has 3 nitrogen and oxygen atoms in total. The summed E-state index contributed by atoms with van der Waals surface area (Å²) in [6, 6.07) is 37.8. The molecule has 4 rings (SSSR count). The van der Waals surface area contributed by atoms with Crippen LogP contribution in [0, 0.1) is 10.1 Å². The molecule has 0 atom stereocenters. The van der Waals surface area contributed by atoms with Crippen molar-refractivity contribution in [3.8, 4) is 0 Å². The van der Waals surface area contributed by atoms with Gasteiger partial charge in [-0.1, -0.05) is 0 Å². The maximum absolute atomic E-state index is 12.0. The summed E-state index contributed by atoms with van der Waals surface area (Å²) in [7, 11) is -2.85. The first-order chi connectivity index (χ1) is 13.7. The molecule has 0 aliphatic heterocycles. The molecular weight excluding hydrogens is 365 g/mol. The molecule has 138 valence electrons. The van der Waals surface area contributed by atoms with Crippen LogP contribution in [0.5, 0.6) is 0 Å². The van der Waals surface area contributed by atoms with E-state index in [2.05, 4.69) is 36.4 Å². The van der Waals surface area contributed by atoms with Gasteiger partial charge in [0, 0.05) is 0 Å². The Morgan fingerprint density at radius 3 is 1.29 bits per heavy atom. The summed E-state index contributed by atoms with van der Waals surface area (Å²) in [4.78, 5) is 11.7. The third kappa shape index (κ3) is 3.00. The molecule has 0 spiro atoms. The predicted octanol–water partition coefficient (Wildman–Crippen LogP) is 3.95. The molecule has 0 radical (unpaired) electrons. The van der Waals surface area contributed by atoms with Crippen LogP contribution in [0.2, 0.25) is 0 Å². The minimum atomic E-state index is -2.85. The second kappa shape index (κ2) is 7.75. The van der Waals surface area contributed by atoms with Gasteiger partial charge in [0.25, 0.3) is 0 Å². The van der Waals surface area contributed by atoms with Crippen LogP contribution in [0.25, 0.3) is 0 Å². The molecule has 4 aromatic carbocycles. The second-order valence-corrected chi connectivity index (χ2v) is 10.4. The summed E-state index contributed by atoms with van der Waals surface area (Å²) in [5, 5.41) is 16.2. The normalized spacial score (nSPS) is 11.7. The molecule has 0 unspecified atom stereocenters. The second-order valence-electron chi connectivity index (χ2n) is 6.62. The Kier molecular flexibility index (Phi) is 5.01. The van der Waals surface area contributed by atoms with Crippen LogP contribution in [-0.4, -0.2) is 4.92 Å². The van der Waals surface area contributed by atoms with Crippen LogP contribution in [-0.2, 0) is 0 Å². The zero-order chi connectivity index (χ0) is 19.4. The fourth-order valence-corrected chi connectivity index (χ4v) is 8.90. The number of hydrogen-bond acceptors (Lipinski definition) is 2. The van der Waals surface area contributed by atoms with Gasteiger partial charge in [0.2, 0.25) is 0 Å². The van der Waals surface area contributed by atoms with Crippen molar-refractivity contribution in [1.29, 1.82) is 0 Å². The topological polar surface area (TPSA) is 43.1 Å². The fourth-order valence-electron chi connectivity index (χ4n) is 3.98. The number of rotatable bonds is 5. The van der Waals surface area contributed by atoms with Gasteiger partial charge in [-0.25, -0.2) is 0 Å². The Morgan fingerprint density at radius 1 is 0.536 bits per heavy atom. The van der Waals surface area contributed by atoms with Crippen LogP contribution in [0.4, 0.5) is 5.69 Å². The Labute approximate surface area is 164 Å². The quantitative estimate of drug-likeness (QED) is 0.297. The van der Waals surface area contributed by atoms with Gasteiger partial charge < -0.3 is 0 Å². The number of nitrogens with zero attached hydrogens (tertiary/aromatic N) is 1. The van der Waals surface area contributed by atoms with Crippen LogP contribution in [0.15, 0.2) is 115 Å². The first kappa shape index (κ1) is 18.1. The minimum absolute atomic E-state index is 0.172. The van der Waals surface area contributed by atoms with E-state index in [-0.39, 0.29) is 10.6 Å². The molecule has 0 fully saturated rings. The predicted molar refractivity (Wildman–Crippen MR) is 119 cm³/mol. The summed E-state index contributed by atoms with van der Waals surface area (Å²) in [5.74, 6) is 0. The van der Waals surface area contributed by atoms with E-state index < -0.39 is 7.26 Å². The van der Waals surface area contributed by atoms with Crippen molar-refractivity contribution in [1.82, 2.24) is 0 Å². The monoisotopic (exact) mass is 385 g/mol. The number of nitro groups is 1. The molecule has 0 amide bonds. The molecule has 0 heterocycles. The van der Waals surface area contributed by atoms with Crippen LogP contribution >= 0.6 is 7.26 Å². The first-order valence-electron chi connectivity index (χ1n) is 9.15. The van der Waals surface area contributed by atoms with Gasteiger partial charge in [0.1, 0.15) is 0 Å². The number of benzene rings is 4. The molecule has 0 saturated heterocycles. The Bertz CT molecular complexity index is 986. The van der Waals surface area contributed by atoms with Crippen molar-refractivity contribution in [3.05, 3.63) is 125 Å². The Hall–Kier alpha value is -3.29. The van der Waals surface area contributed by atoms with Gasteiger partial charge in [-0.15, -0.1) is 0 Å². The molecule has 4 heteroatoms. The third-order valence-corrected chi connectivity index (χ3v) is 9.95. The average molecular weight is 385 g/mol. The summed E-state index contributed by atoms with van der Waals surface area (Å²) in [6.45, 7) is 0. The SMILES string of the molecule is O=[N+]([O-])c1ccccc1[PH](c1ccccc1)(c1ccccc1)c1ccccc1. The molecule has 28 heavy (non-hydrogen) atoms. The van der Waals surface area contributed by atoms with Crippen molar-refractivity contribution in [3.63, 3.8) is 0 Å². The average Bonchev–Trinajstić information content (AvgIpc) is 2.77. The van der Waals surface area contributed by atoms with Crippen LogP contribution in [0.3, 0.4) is 0 Å². The van der Waals surface area contributed by atoms with Gasteiger partial charge in [-0.2, -0.15) is 0 Å². The molecular formula is C24H20NO2P.